The fourth-order valence-corrected chi connectivity index (χ4v) is 3.81. The van der Waals surface area contributed by atoms with Crippen LogP contribution in [0.2, 0.25) is 10.0 Å². The molecule has 0 aliphatic heterocycles. The van der Waals surface area contributed by atoms with Crippen LogP contribution in [0.1, 0.15) is 11.3 Å². The molecule has 6 nitrogen and oxygen atoms in total. The molecule has 3 aromatic rings. The minimum absolute atomic E-state index is 0.0599. The Bertz CT molecular complexity index is 1130. The van der Waals surface area contributed by atoms with Gasteiger partial charge in [0.2, 0.25) is 15.9 Å². The van der Waals surface area contributed by atoms with Crippen LogP contribution in [-0.2, 0) is 21.4 Å². The van der Waals surface area contributed by atoms with Crippen molar-refractivity contribution in [1.29, 1.82) is 0 Å². The van der Waals surface area contributed by atoms with Gasteiger partial charge in [0.1, 0.15) is 5.76 Å². The first-order chi connectivity index (χ1) is 13.8. The normalized spacial score (nSPS) is 11.7. The average Bonchev–Trinajstić information content (AvgIpc) is 3.21. The Kier molecular flexibility index (Phi) is 6.76. The highest BCUT2D eigenvalue weighted by molar-refractivity contribution is 7.89. The van der Waals surface area contributed by atoms with E-state index in [2.05, 4.69) is 10.0 Å². The van der Waals surface area contributed by atoms with Crippen molar-refractivity contribution < 1.29 is 17.6 Å². The van der Waals surface area contributed by atoms with Gasteiger partial charge in [0.15, 0.2) is 0 Å². The van der Waals surface area contributed by atoms with Crippen molar-refractivity contribution in [3.05, 3.63) is 88.3 Å². The fraction of sp³-hybridized carbons (Fsp3) is 0.0500. The van der Waals surface area contributed by atoms with Crippen molar-refractivity contribution >= 4 is 50.9 Å². The number of amides is 1. The molecule has 2 aromatic carbocycles. The lowest BCUT2D eigenvalue weighted by atomic mass is 10.2. The Morgan fingerprint density at radius 3 is 2.48 bits per heavy atom. The third-order valence-corrected chi connectivity index (χ3v) is 5.79. The Hall–Kier alpha value is -2.58. The summed E-state index contributed by atoms with van der Waals surface area (Å²) < 4.78 is 32.2. The van der Waals surface area contributed by atoms with E-state index >= 15 is 0 Å². The van der Waals surface area contributed by atoms with Crippen molar-refractivity contribution in [2.45, 2.75) is 11.4 Å². The molecule has 0 radical (unpaired) electrons. The molecule has 0 unspecified atom stereocenters. The van der Waals surface area contributed by atoms with E-state index in [0.717, 1.165) is 0 Å². The van der Waals surface area contributed by atoms with Gasteiger partial charge < -0.3 is 9.73 Å². The summed E-state index contributed by atoms with van der Waals surface area (Å²) >= 11 is 11.8. The zero-order valence-corrected chi connectivity index (χ0v) is 17.3. The first kappa shape index (κ1) is 21.1. The van der Waals surface area contributed by atoms with Crippen LogP contribution in [0.15, 0.2) is 76.2 Å². The zero-order valence-electron chi connectivity index (χ0n) is 14.9. The summed E-state index contributed by atoms with van der Waals surface area (Å²) in [4.78, 5) is 12.2. The lowest BCUT2D eigenvalue weighted by Crippen LogP contribution is -2.22. The minimum Gasteiger partial charge on any atom is -0.468 e. The van der Waals surface area contributed by atoms with E-state index in [4.69, 9.17) is 27.6 Å². The molecule has 0 aliphatic carbocycles. The van der Waals surface area contributed by atoms with Crippen LogP contribution < -0.4 is 10.0 Å². The third kappa shape index (κ3) is 5.95. The summed E-state index contributed by atoms with van der Waals surface area (Å²) in [7, 11) is -3.67. The molecule has 150 valence electrons. The third-order valence-electron chi connectivity index (χ3n) is 3.82. The maximum absolute atomic E-state index is 12.3. The summed E-state index contributed by atoms with van der Waals surface area (Å²) in [5.41, 5.74) is 1.10. The molecule has 0 bridgehead atoms. The van der Waals surface area contributed by atoms with Gasteiger partial charge in [-0.15, -0.1) is 0 Å². The topological polar surface area (TPSA) is 88.4 Å². The Morgan fingerprint density at radius 1 is 1.07 bits per heavy atom. The molecule has 1 heterocycles. The standard InChI is InChI=1S/C20H16Cl2N2O4S/c21-15-6-9-19(18(22)12-15)24-20(25)10-5-14-3-7-17(8-4-14)29(26,27)23-13-16-2-1-11-28-16/h1-12,23H,13H2,(H,24,25)/b10-5+. The molecule has 0 aliphatic rings. The molecule has 0 atom stereocenters. The predicted octanol–water partition coefficient (Wildman–Crippen LogP) is 4.72. The van der Waals surface area contributed by atoms with Crippen molar-refractivity contribution in [1.82, 2.24) is 4.72 Å². The summed E-state index contributed by atoms with van der Waals surface area (Å²) in [6.45, 7) is 0.0599. The van der Waals surface area contributed by atoms with Gasteiger partial charge in [-0.05, 0) is 54.1 Å². The van der Waals surface area contributed by atoms with Crippen LogP contribution in [0.3, 0.4) is 0 Å². The van der Waals surface area contributed by atoms with Crippen LogP contribution in [-0.4, -0.2) is 14.3 Å². The second kappa shape index (κ2) is 9.28. The maximum Gasteiger partial charge on any atom is 0.248 e. The molecule has 1 amide bonds. The van der Waals surface area contributed by atoms with Gasteiger partial charge in [0.05, 0.1) is 28.4 Å². The monoisotopic (exact) mass is 450 g/mol. The van der Waals surface area contributed by atoms with Crippen molar-refractivity contribution in [2.24, 2.45) is 0 Å². The summed E-state index contributed by atoms with van der Waals surface area (Å²) in [5.74, 6) is 0.131. The lowest BCUT2D eigenvalue weighted by Gasteiger charge is -2.06. The van der Waals surface area contributed by atoms with Gasteiger partial charge in [0, 0.05) is 11.1 Å². The van der Waals surface area contributed by atoms with Crippen LogP contribution in [0.25, 0.3) is 6.08 Å². The number of carbonyl (C=O) groups is 1. The van der Waals surface area contributed by atoms with E-state index in [9.17, 15) is 13.2 Å². The first-order valence-electron chi connectivity index (χ1n) is 8.40. The van der Waals surface area contributed by atoms with Crippen LogP contribution in [0, 0.1) is 0 Å². The van der Waals surface area contributed by atoms with Gasteiger partial charge in [0.25, 0.3) is 0 Å². The molecular formula is C20H16Cl2N2O4S. The number of benzene rings is 2. The number of sulfonamides is 1. The van der Waals surface area contributed by atoms with Gasteiger partial charge in [-0.25, -0.2) is 13.1 Å². The largest absolute Gasteiger partial charge is 0.468 e. The van der Waals surface area contributed by atoms with Gasteiger partial charge >= 0.3 is 0 Å². The van der Waals surface area contributed by atoms with E-state index < -0.39 is 10.0 Å². The highest BCUT2D eigenvalue weighted by Crippen LogP contribution is 2.25. The second-order valence-electron chi connectivity index (χ2n) is 5.92. The fourth-order valence-electron chi connectivity index (χ4n) is 2.36. The van der Waals surface area contributed by atoms with Gasteiger partial charge in [-0.1, -0.05) is 35.3 Å². The Morgan fingerprint density at radius 2 is 1.83 bits per heavy atom. The highest BCUT2D eigenvalue weighted by Gasteiger charge is 2.14. The van der Waals surface area contributed by atoms with E-state index in [1.807, 2.05) is 0 Å². The highest BCUT2D eigenvalue weighted by atomic mass is 35.5. The van der Waals surface area contributed by atoms with Crippen molar-refractivity contribution in [2.75, 3.05) is 5.32 Å². The van der Waals surface area contributed by atoms with E-state index in [-0.39, 0.29) is 17.3 Å². The molecule has 9 heteroatoms. The van der Waals surface area contributed by atoms with Crippen molar-refractivity contribution in [3.63, 3.8) is 0 Å². The number of nitrogens with one attached hydrogen (secondary N) is 2. The van der Waals surface area contributed by atoms with E-state index in [1.54, 1.807) is 42.5 Å². The number of anilines is 1. The van der Waals surface area contributed by atoms with E-state index in [0.29, 0.717) is 27.1 Å². The Labute approximate surface area is 178 Å². The summed E-state index contributed by atoms with van der Waals surface area (Å²) in [6, 6.07) is 14.2. The molecular weight excluding hydrogens is 435 g/mol. The maximum atomic E-state index is 12.3. The SMILES string of the molecule is O=C(/C=C/c1ccc(S(=O)(=O)NCc2ccco2)cc1)Nc1ccc(Cl)cc1Cl. The number of furan rings is 1. The van der Waals surface area contributed by atoms with Gasteiger partial charge in [-0.2, -0.15) is 0 Å². The van der Waals surface area contributed by atoms with Crippen molar-refractivity contribution in [3.8, 4) is 0 Å². The summed E-state index contributed by atoms with van der Waals surface area (Å²) in [5, 5.41) is 3.44. The van der Waals surface area contributed by atoms with Gasteiger partial charge in [-0.3, -0.25) is 4.79 Å². The average molecular weight is 451 g/mol. The van der Waals surface area contributed by atoms with Crippen LogP contribution >= 0.6 is 23.2 Å². The molecule has 0 spiro atoms. The van der Waals surface area contributed by atoms with E-state index in [1.165, 1.54) is 30.5 Å². The molecule has 0 saturated heterocycles. The van der Waals surface area contributed by atoms with Crippen LogP contribution in [0.4, 0.5) is 5.69 Å². The Balaban J connectivity index is 1.61. The molecule has 0 saturated carbocycles. The number of halogens is 2. The number of carbonyl (C=O) groups excluding carboxylic acids is 1. The van der Waals surface area contributed by atoms with Crippen LogP contribution in [0.5, 0.6) is 0 Å². The minimum atomic E-state index is -3.67. The zero-order chi connectivity index (χ0) is 20.9. The second-order valence-corrected chi connectivity index (χ2v) is 8.53. The molecule has 29 heavy (non-hydrogen) atoms. The molecule has 2 N–H and O–H groups in total. The summed E-state index contributed by atoms with van der Waals surface area (Å²) in [6.07, 6.45) is 4.36. The lowest BCUT2D eigenvalue weighted by molar-refractivity contribution is -0.111. The quantitative estimate of drug-likeness (QED) is 0.509. The number of hydrogen-bond donors (Lipinski definition) is 2. The predicted molar refractivity (Wildman–Crippen MR) is 113 cm³/mol. The first-order valence-corrected chi connectivity index (χ1v) is 10.6. The number of hydrogen-bond acceptors (Lipinski definition) is 4. The smallest absolute Gasteiger partial charge is 0.248 e. The molecule has 3 rings (SSSR count). The number of rotatable bonds is 7. The molecule has 0 fully saturated rings. The molecule has 1 aromatic heterocycles.